The van der Waals surface area contributed by atoms with E-state index in [0.29, 0.717) is 4.57 Å². The summed E-state index contributed by atoms with van der Waals surface area (Å²) in [5.41, 5.74) is 0. The van der Waals surface area contributed by atoms with Gasteiger partial charge in [0.15, 0.2) is 0 Å². The summed E-state index contributed by atoms with van der Waals surface area (Å²) in [6.45, 7) is -4.73. The van der Waals surface area contributed by atoms with E-state index in [1.165, 1.54) is 6.92 Å². The van der Waals surface area contributed by atoms with Crippen molar-refractivity contribution in [3.8, 4) is 0 Å². The van der Waals surface area contributed by atoms with Gasteiger partial charge in [-0.15, -0.1) is 12.4 Å². The maximum Gasteiger partial charge on any atom is 0.381 e. The first kappa shape index (κ1) is 6.33. The number of aliphatic hydroxyl groups is 1. The van der Waals surface area contributed by atoms with E-state index in [4.69, 9.17) is 10.6 Å². The third-order valence-corrected chi connectivity index (χ3v) is 1.23. The van der Waals surface area contributed by atoms with Gasteiger partial charge in [0.2, 0.25) is 5.82 Å². The minimum absolute atomic E-state index is 0. The maximum absolute atomic E-state index is 10.4. The fraction of sp³-hybridized carbons (Fsp3) is 0.500. The number of nitro groups is 1. The largest absolute Gasteiger partial charge is 0.395 e. The van der Waals surface area contributed by atoms with Gasteiger partial charge in [-0.1, -0.05) is 0 Å². The summed E-state index contributed by atoms with van der Waals surface area (Å²) in [6.07, 6.45) is 0.739. The van der Waals surface area contributed by atoms with E-state index in [1.54, 1.807) is 0 Å². The summed E-state index contributed by atoms with van der Waals surface area (Å²) in [7, 11) is 0. The van der Waals surface area contributed by atoms with E-state index in [1.807, 2.05) is 0 Å². The Kier molecular flexibility index (Phi) is 2.33. The summed E-state index contributed by atoms with van der Waals surface area (Å²) in [6, 6.07) is 0. The lowest BCUT2D eigenvalue weighted by Gasteiger charge is -1.95. The molecule has 0 saturated heterocycles. The molecule has 74 valence electrons. The molecule has 0 spiro atoms. The standard InChI is InChI=1S/C6H9N3O3.ClH/c1-5-7-6(9(11)12)4-8(5)2-3-10;/h4,10H,2-3H2,1H3;1H/i2D2,3D2;. The summed E-state index contributed by atoms with van der Waals surface area (Å²) >= 11 is 0. The van der Waals surface area contributed by atoms with Gasteiger partial charge in [-0.25, -0.2) is 0 Å². The monoisotopic (exact) mass is 211 g/mol. The number of imidazole rings is 1. The average molecular weight is 212 g/mol. The highest BCUT2D eigenvalue weighted by atomic mass is 35.5. The van der Waals surface area contributed by atoms with Crippen LogP contribution in [0.25, 0.3) is 0 Å². The van der Waals surface area contributed by atoms with Crippen LogP contribution in [0.1, 0.15) is 11.3 Å². The Morgan fingerprint density at radius 3 is 2.92 bits per heavy atom. The molecule has 0 radical (unpaired) electrons. The van der Waals surface area contributed by atoms with Gasteiger partial charge in [0.25, 0.3) is 0 Å². The van der Waals surface area contributed by atoms with Crippen LogP contribution in [0, 0.1) is 17.0 Å². The summed E-state index contributed by atoms with van der Waals surface area (Å²) in [5, 5.41) is 19.4. The number of rotatable bonds is 3. The zero-order valence-electron chi connectivity index (χ0n) is 10.6. The van der Waals surface area contributed by atoms with Crippen molar-refractivity contribution in [1.82, 2.24) is 9.55 Å². The predicted molar refractivity (Wildman–Crippen MR) is 48.0 cm³/mol. The Hall–Kier alpha value is -1.14. The fourth-order valence-electron chi connectivity index (χ4n) is 0.712. The molecule has 13 heavy (non-hydrogen) atoms. The van der Waals surface area contributed by atoms with Gasteiger partial charge in [-0.05, 0) is 9.91 Å². The number of hydrogen-bond acceptors (Lipinski definition) is 4. The minimum atomic E-state index is -3.17. The van der Waals surface area contributed by atoms with Crippen LogP contribution < -0.4 is 0 Å². The van der Waals surface area contributed by atoms with Gasteiger partial charge >= 0.3 is 5.82 Å². The van der Waals surface area contributed by atoms with Crippen LogP contribution in [-0.4, -0.2) is 26.1 Å². The highest BCUT2D eigenvalue weighted by Crippen LogP contribution is 2.09. The number of nitrogens with zero attached hydrogens (tertiary/aromatic N) is 3. The third kappa shape index (κ3) is 2.67. The predicted octanol–water partition coefficient (Wildman–Crippen LogP) is 0.514. The van der Waals surface area contributed by atoms with Crippen LogP contribution in [0.3, 0.4) is 0 Å². The van der Waals surface area contributed by atoms with Crippen LogP contribution in [0.4, 0.5) is 5.82 Å². The van der Waals surface area contributed by atoms with Gasteiger partial charge in [0.1, 0.15) is 6.20 Å². The van der Waals surface area contributed by atoms with Crippen LogP contribution in [0.2, 0.25) is 0 Å². The molecule has 0 aliphatic heterocycles. The van der Waals surface area contributed by atoms with E-state index in [9.17, 15) is 10.1 Å². The van der Waals surface area contributed by atoms with Crippen molar-refractivity contribution < 1.29 is 15.5 Å². The van der Waals surface area contributed by atoms with Crippen molar-refractivity contribution in [3.63, 3.8) is 0 Å². The highest BCUT2D eigenvalue weighted by Gasteiger charge is 2.13. The minimum Gasteiger partial charge on any atom is -0.395 e. The zero-order chi connectivity index (χ0) is 12.7. The van der Waals surface area contributed by atoms with Crippen molar-refractivity contribution in [2.24, 2.45) is 0 Å². The van der Waals surface area contributed by atoms with E-state index in [0.717, 1.165) is 6.20 Å². The molecular formula is C6H10ClN3O3. The molecule has 1 N–H and O–H groups in total. The second-order valence-electron chi connectivity index (χ2n) is 2.00. The summed E-state index contributed by atoms with van der Waals surface area (Å²) < 4.78 is 29.1. The van der Waals surface area contributed by atoms with Crippen molar-refractivity contribution >= 4 is 18.2 Å². The number of halogens is 1. The number of aromatic nitrogens is 2. The molecule has 0 aliphatic rings. The first-order valence-corrected chi connectivity index (χ1v) is 3.00. The molecule has 0 bridgehead atoms. The Morgan fingerprint density at radius 1 is 1.92 bits per heavy atom. The molecule has 6 nitrogen and oxygen atoms in total. The smallest absolute Gasteiger partial charge is 0.381 e. The Bertz CT molecular complexity index is 431. The van der Waals surface area contributed by atoms with E-state index >= 15 is 0 Å². The van der Waals surface area contributed by atoms with Gasteiger partial charge in [-0.2, -0.15) is 0 Å². The molecule has 0 aromatic carbocycles. The van der Waals surface area contributed by atoms with Gasteiger partial charge < -0.3 is 19.8 Å². The Morgan fingerprint density at radius 2 is 2.54 bits per heavy atom. The molecule has 1 aromatic heterocycles. The lowest BCUT2D eigenvalue weighted by Crippen LogP contribution is -2.02. The Labute approximate surface area is 86.4 Å². The lowest BCUT2D eigenvalue weighted by atomic mass is 10.6. The SMILES string of the molecule is Cl.[2H]C([2H])(O)C([2H])([2H])n1cc([N+](=O)[O-])nc1C. The van der Waals surface area contributed by atoms with Crippen LogP contribution in [0.5, 0.6) is 0 Å². The lowest BCUT2D eigenvalue weighted by molar-refractivity contribution is -0.389. The van der Waals surface area contributed by atoms with Crippen LogP contribution in [0.15, 0.2) is 6.20 Å². The zero-order valence-corrected chi connectivity index (χ0v) is 7.41. The summed E-state index contributed by atoms with van der Waals surface area (Å²) in [4.78, 5) is 13.0. The van der Waals surface area contributed by atoms with E-state index < -0.39 is 23.8 Å². The summed E-state index contributed by atoms with van der Waals surface area (Å²) in [5.74, 6) is -0.708. The van der Waals surface area contributed by atoms with Crippen molar-refractivity contribution in [1.29, 1.82) is 0 Å². The first-order chi connectivity index (χ1) is 7.07. The first-order valence-electron chi connectivity index (χ1n) is 5.00. The van der Waals surface area contributed by atoms with Crippen molar-refractivity contribution in [2.45, 2.75) is 13.4 Å². The second kappa shape index (κ2) is 4.78. The van der Waals surface area contributed by atoms with Gasteiger partial charge in [0.05, 0.1) is 12.0 Å². The molecule has 1 heterocycles. The Balaban J connectivity index is 0.00000256. The van der Waals surface area contributed by atoms with Gasteiger partial charge in [-0.3, -0.25) is 0 Å². The quantitative estimate of drug-likeness (QED) is 0.584. The molecular weight excluding hydrogens is 198 g/mol. The molecule has 1 aromatic rings. The topological polar surface area (TPSA) is 81.2 Å². The van der Waals surface area contributed by atoms with Gasteiger partial charge in [0, 0.05) is 13.4 Å². The van der Waals surface area contributed by atoms with Crippen LogP contribution in [-0.2, 0) is 6.50 Å². The fourth-order valence-corrected chi connectivity index (χ4v) is 0.712. The van der Waals surface area contributed by atoms with Crippen LogP contribution >= 0.6 is 12.4 Å². The molecule has 7 heteroatoms. The molecule has 0 atom stereocenters. The van der Waals surface area contributed by atoms with Crippen molar-refractivity contribution in [2.75, 3.05) is 6.56 Å². The second-order valence-corrected chi connectivity index (χ2v) is 2.00. The maximum atomic E-state index is 10.4. The molecule has 0 saturated carbocycles. The average Bonchev–Trinajstić information content (AvgIpc) is 2.45. The molecule has 0 aliphatic carbocycles. The number of hydrogen-bond donors (Lipinski definition) is 1. The molecule has 1 rings (SSSR count). The van der Waals surface area contributed by atoms with E-state index in [2.05, 4.69) is 4.98 Å². The number of aryl methyl sites for hydroxylation is 2. The van der Waals surface area contributed by atoms with E-state index in [-0.39, 0.29) is 18.2 Å². The molecule has 0 unspecified atom stereocenters. The molecule has 0 amide bonds. The van der Waals surface area contributed by atoms with Crippen molar-refractivity contribution in [3.05, 3.63) is 22.1 Å². The highest BCUT2D eigenvalue weighted by molar-refractivity contribution is 5.85. The molecule has 0 fully saturated rings. The third-order valence-electron chi connectivity index (χ3n) is 1.23. The normalized spacial score (nSPS) is 16.2.